The van der Waals surface area contributed by atoms with E-state index < -0.39 is 11.2 Å². The van der Waals surface area contributed by atoms with Gasteiger partial charge in [0, 0.05) is 24.4 Å². The Labute approximate surface area is 138 Å². The molecule has 2 aromatic rings. The summed E-state index contributed by atoms with van der Waals surface area (Å²) < 4.78 is 5.48. The van der Waals surface area contributed by atoms with Crippen LogP contribution in [0.25, 0.3) is 11.1 Å². The van der Waals surface area contributed by atoms with E-state index in [0.717, 1.165) is 19.4 Å². The molecule has 1 fully saturated rings. The molecule has 1 saturated heterocycles. The van der Waals surface area contributed by atoms with E-state index >= 15 is 0 Å². The molecule has 126 valence electrons. The van der Waals surface area contributed by atoms with E-state index in [4.69, 9.17) is 4.74 Å². The Balaban J connectivity index is 1.82. The summed E-state index contributed by atoms with van der Waals surface area (Å²) >= 11 is 0. The Morgan fingerprint density at radius 3 is 2.88 bits per heavy atom. The van der Waals surface area contributed by atoms with Crippen LogP contribution in [-0.2, 0) is 4.74 Å². The van der Waals surface area contributed by atoms with Crippen molar-refractivity contribution in [2.75, 3.05) is 13.2 Å². The number of aromatic nitrogens is 2. The molecule has 0 saturated carbocycles. The van der Waals surface area contributed by atoms with Gasteiger partial charge in [-0.3, -0.25) is 14.6 Å². The smallest absolute Gasteiger partial charge is 0.325 e. The zero-order valence-corrected chi connectivity index (χ0v) is 13.3. The first kappa shape index (κ1) is 16.2. The van der Waals surface area contributed by atoms with Gasteiger partial charge in [-0.15, -0.1) is 0 Å². The largest absolute Gasteiger partial charge is 0.376 e. The van der Waals surface area contributed by atoms with E-state index in [-0.39, 0.29) is 12.0 Å². The lowest BCUT2D eigenvalue weighted by atomic mass is 10.0. The van der Waals surface area contributed by atoms with E-state index in [2.05, 4.69) is 15.3 Å². The van der Waals surface area contributed by atoms with Crippen LogP contribution in [0.3, 0.4) is 0 Å². The van der Waals surface area contributed by atoms with Gasteiger partial charge in [0.15, 0.2) is 0 Å². The first-order valence-corrected chi connectivity index (χ1v) is 7.88. The maximum Gasteiger partial charge on any atom is 0.325 e. The summed E-state index contributed by atoms with van der Waals surface area (Å²) in [6.07, 6.45) is 2.04. The lowest BCUT2D eigenvalue weighted by Crippen LogP contribution is -2.31. The van der Waals surface area contributed by atoms with E-state index in [0.29, 0.717) is 28.9 Å². The quantitative estimate of drug-likeness (QED) is 0.777. The summed E-state index contributed by atoms with van der Waals surface area (Å²) in [5, 5.41) is 2.85. The zero-order chi connectivity index (χ0) is 17.1. The molecule has 3 N–H and O–H groups in total. The number of aryl methyl sites for hydroxylation is 1. The van der Waals surface area contributed by atoms with Crippen molar-refractivity contribution in [2.45, 2.75) is 25.9 Å². The average molecular weight is 329 g/mol. The van der Waals surface area contributed by atoms with Crippen LogP contribution in [0.5, 0.6) is 0 Å². The molecule has 7 nitrogen and oxygen atoms in total. The Hall–Kier alpha value is -2.67. The second-order valence-corrected chi connectivity index (χ2v) is 5.83. The molecule has 7 heteroatoms. The molecule has 3 rings (SSSR count). The highest BCUT2D eigenvalue weighted by Gasteiger charge is 2.17. The summed E-state index contributed by atoms with van der Waals surface area (Å²) in [6.45, 7) is 2.86. The maximum absolute atomic E-state index is 12.3. The number of benzene rings is 1. The van der Waals surface area contributed by atoms with Crippen molar-refractivity contribution in [3.63, 3.8) is 0 Å². The third kappa shape index (κ3) is 3.46. The van der Waals surface area contributed by atoms with Crippen LogP contribution in [0, 0.1) is 6.92 Å². The fourth-order valence-corrected chi connectivity index (χ4v) is 2.88. The summed E-state index contributed by atoms with van der Waals surface area (Å²) in [5.74, 6) is -0.217. The second-order valence-electron chi connectivity index (χ2n) is 5.83. The summed E-state index contributed by atoms with van der Waals surface area (Å²) in [7, 11) is 0. The Bertz CT molecular complexity index is 863. The third-order valence-corrected chi connectivity index (χ3v) is 4.06. The second kappa shape index (κ2) is 6.84. The van der Waals surface area contributed by atoms with E-state index in [1.807, 2.05) is 0 Å². The van der Waals surface area contributed by atoms with Crippen LogP contribution >= 0.6 is 0 Å². The Morgan fingerprint density at radius 2 is 2.17 bits per heavy atom. The van der Waals surface area contributed by atoms with Crippen LogP contribution in [0.4, 0.5) is 0 Å². The predicted molar refractivity (Wildman–Crippen MR) is 89.2 cm³/mol. The number of nitrogens with one attached hydrogen (secondary N) is 3. The highest BCUT2D eigenvalue weighted by Crippen LogP contribution is 2.19. The van der Waals surface area contributed by atoms with Crippen molar-refractivity contribution in [1.29, 1.82) is 0 Å². The normalized spacial score (nSPS) is 17.0. The van der Waals surface area contributed by atoms with Crippen molar-refractivity contribution in [3.05, 3.63) is 56.4 Å². The number of amides is 1. The molecule has 0 aliphatic carbocycles. The van der Waals surface area contributed by atoms with Crippen LogP contribution < -0.4 is 16.6 Å². The Kier molecular flexibility index (Phi) is 4.61. The van der Waals surface area contributed by atoms with Gasteiger partial charge in [-0.05, 0) is 37.5 Å². The number of carbonyl (C=O) groups is 1. The van der Waals surface area contributed by atoms with Gasteiger partial charge in [0.05, 0.1) is 11.7 Å². The average Bonchev–Trinajstić information content (AvgIpc) is 3.05. The number of carbonyl (C=O) groups excluding carboxylic acids is 1. The van der Waals surface area contributed by atoms with Crippen molar-refractivity contribution < 1.29 is 9.53 Å². The van der Waals surface area contributed by atoms with Crippen LogP contribution in [-0.4, -0.2) is 35.1 Å². The minimum absolute atomic E-state index is 0.0708. The molecule has 1 aromatic heterocycles. The van der Waals surface area contributed by atoms with E-state index in [1.54, 1.807) is 31.2 Å². The summed E-state index contributed by atoms with van der Waals surface area (Å²) in [5.41, 5.74) is 0.814. The number of H-pyrrole nitrogens is 2. The SMILES string of the molecule is Cc1[nH]c(=O)[nH]c(=O)c1-c1cccc(C(=O)NC[C@@H]2CCCO2)c1. The number of ether oxygens (including phenoxy) is 1. The number of rotatable bonds is 4. The molecule has 1 aliphatic heterocycles. The van der Waals surface area contributed by atoms with Gasteiger partial charge in [-0.2, -0.15) is 0 Å². The molecular formula is C17H19N3O4. The molecule has 2 heterocycles. The molecule has 24 heavy (non-hydrogen) atoms. The monoisotopic (exact) mass is 329 g/mol. The van der Waals surface area contributed by atoms with Gasteiger partial charge in [0.25, 0.3) is 11.5 Å². The van der Waals surface area contributed by atoms with Gasteiger partial charge < -0.3 is 15.0 Å². The number of hydrogen-bond donors (Lipinski definition) is 3. The first-order chi connectivity index (χ1) is 11.5. The zero-order valence-electron chi connectivity index (χ0n) is 13.3. The molecule has 0 bridgehead atoms. The van der Waals surface area contributed by atoms with Crippen LogP contribution in [0.15, 0.2) is 33.9 Å². The van der Waals surface area contributed by atoms with Gasteiger partial charge >= 0.3 is 5.69 Å². The highest BCUT2D eigenvalue weighted by atomic mass is 16.5. The standard InChI is InChI=1S/C17H19N3O4/c1-10-14(16(22)20-17(23)19-10)11-4-2-5-12(8-11)15(21)18-9-13-6-3-7-24-13/h2,4-5,8,13H,3,6-7,9H2,1H3,(H,18,21)(H2,19,20,22,23)/t13-/m0/s1. The lowest BCUT2D eigenvalue weighted by molar-refractivity contribution is 0.0858. The van der Waals surface area contributed by atoms with E-state index in [1.165, 1.54) is 0 Å². The minimum atomic E-state index is -0.549. The van der Waals surface area contributed by atoms with E-state index in [9.17, 15) is 14.4 Å². The lowest BCUT2D eigenvalue weighted by Gasteiger charge is -2.11. The van der Waals surface area contributed by atoms with Crippen LogP contribution in [0.1, 0.15) is 28.9 Å². The summed E-state index contributed by atoms with van der Waals surface area (Å²) in [4.78, 5) is 40.4. The fraction of sp³-hybridized carbons (Fsp3) is 0.353. The van der Waals surface area contributed by atoms with Crippen molar-refractivity contribution in [3.8, 4) is 11.1 Å². The minimum Gasteiger partial charge on any atom is -0.376 e. The molecule has 1 atom stereocenters. The summed E-state index contributed by atoms with van der Waals surface area (Å²) in [6, 6.07) is 6.76. The fourth-order valence-electron chi connectivity index (χ4n) is 2.88. The van der Waals surface area contributed by atoms with Gasteiger partial charge in [0.2, 0.25) is 0 Å². The van der Waals surface area contributed by atoms with Gasteiger partial charge in [-0.1, -0.05) is 12.1 Å². The molecule has 1 amide bonds. The molecule has 1 aromatic carbocycles. The number of aromatic amines is 2. The molecule has 1 aliphatic rings. The van der Waals surface area contributed by atoms with Crippen molar-refractivity contribution in [2.24, 2.45) is 0 Å². The van der Waals surface area contributed by atoms with Gasteiger partial charge in [0.1, 0.15) is 0 Å². The highest BCUT2D eigenvalue weighted by molar-refractivity contribution is 5.95. The molecular weight excluding hydrogens is 310 g/mol. The Morgan fingerprint density at radius 1 is 1.33 bits per heavy atom. The van der Waals surface area contributed by atoms with Crippen LogP contribution in [0.2, 0.25) is 0 Å². The number of hydrogen-bond acceptors (Lipinski definition) is 4. The molecule has 0 spiro atoms. The topological polar surface area (TPSA) is 104 Å². The maximum atomic E-state index is 12.3. The first-order valence-electron chi connectivity index (χ1n) is 7.88. The van der Waals surface area contributed by atoms with Gasteiger partial charge in [-0.25, -0.2) is 4.79 Å². The van der Waals surface area contributed by atoms with Crippen molar-refractivity contribution in [1.82, 2.24) is 15.3 Å². The predicted octanol–water partition coefficient (Wildman–Crippen LogP) is 0.947. The molecule has 0 radical (unpaired) electrons. The third-order valence-electron chi connectivity index (χ3n) is 4.06. The van der Waals surface area contributed by atoms with Crippen molar-refractivity contribution >= 4 is 5.91 Å². The molecule has 0 unspecified atom stereocenters.